The second-order valence-corrected chi connectivity index (χ2v) is 7.17. The van der Waals surface area contributed by atoms with Crippen LogP contribution in [-0.4, -0.2) is 0 Å². The first-order valence-corrected chi connectivity index (χ1v) is 8.44. The summed E-state index contributed by atoms with van der Waals surface area (Å²) in [6, 6.07) is 15.9. The van der Waals surface area contributed by atoms with Gasteiger partial charge in [-0.05, 0) is 55.3 Å². The molecule has 3 rings (SSSR count). The van der Waals surface area contributed by atoms with Gasteiger partial charge in [-0.1, -0.05) is 43.2 Å². The number of benzene rings is 2. The molecule has 118 valence electrons. The van der Waals surface area contributed by atoms with E-state index >= 15 is 0 Å². The van der Waals surface area contributed by atoms with Gasteiger partial charge in [0.25, 0.3) is 0 Å². The average Bonchev–Trinajstić information content (AvgIpc) is 2.45. The van der Waals surface area contributed by atoms with E-state index in [1.54, 1.807) is 0 Å². The van der Waals surface area contributed by atoms with Crippen molar-refractivity contribution in [2.24, 2.45) is 13.0 Å². The summed E-state index contributed by atoms with van der Waals surface area (Å²) in [6.45, 7) is 8.89. The van der Waals surface area contributed by atoms with E-state index in [4.69, 9.17) is 0 Å². The molecule has 0 spiro atoms. The Morgan fingerprint density at radius 3 is 2.26 bits per heavy atom. The zero-order valence-electron chi connectivity index (χ0n) is 14.9. The Balaban J connectivity index is 2.21. The molecular weight excluding hydrogens is 278 g/mol. The van der Waals surface area contributed by atoms with Gasteiger partial charge in [-0.25, -0.2) is 4.57 Å². The van der Waals surface area contributed by atoms with Crippen molar-refractivity contribution in [3.05, 3.63) is 65.4 Å². The highest BCUT2D eigenvalue weighted by atomic mass is 14.9. The fraction of sp³-hybridized carbons (Fsp3) is 0.318. The molecule has 2 aromatic carbocycles. The molecule has 0 radical (unpaired) electrons. The molecule has 0 saturated carbocycles. The molecule has 0 N–H and O–H groups in total. The van der Waals surface area contributed by atoms with Gasteiger partial charge in [0.2, 0.25) is 5.69 Å². The van der Waals surface area contributed by atoms with Crippen LogP contribution in [0.15, 0.2) is 48.7 Å². The second-order valence-electron chi connectivity index (χ2n) is 7.17. The van der Waals surface area contributed by atoms with Crippen LogP contribution in [0.1, 0.15) is 30.5 Å². The van der Waals surface area contributed by atoms with Crippen LogP contribution in [0.4, 0.5) is 0 Å². The first-order chi connectivity index (χ1) is 10.9. The van der Waals surface area contributed by atoms with Crippen molar-refractivity contribution in [3.8, 4) is 11.3 Å². The highest BCUT2D eigenvalue weighted by Crippen LogP contribution is 2.28. The summed E-state index contributed by atoms with van der Waals surface area (Å²) in [4.78, 5) is 0. The predicted octanol–water partition coefficient (Wildman–Crippen LogP) is 5.15. The lowest BCUT2D eigenvalue weighted by molar-refractivity contribution is -0.659. The number of rotatable bonds is 3. The van der Waals surface area contributed by atoms with E-state index in [1.165, 1.54) is 38.7 Å². The van der Waals surface area contributed by atoms with Crippen LogP contribution >= 0.6 is 0 Å². The number of fused-ring (bicyclic) bond motifs is 1. The van der Waals surface area contributed by atoms with Crippen molar-refractivity contribution >= 4 is 10.8 Å². The van der Waals surface area contributed by atoms with E-state index in [1.807, 2.05) is 0 Å². The molecule has 0 saturated heterocycles. The largest absolute Gasteiger partial charge is 0.220 e. The van der Waals surface area contributed by atoms with Crippen LogP contribution in [-0.2, 0) is 13.5 Å². The van der Waals surface area contributed by atoms with E-state index in [0.717, 1.165) is 6.42 Å². The molecule has 1 heteroatoms. The Hall–Kier alpha value is -2.15. The predicted molar refractivity (Wildman–Crippen MR) is 98.6 cm³/mol. The van der Waals surface area contributed by atoms with Gasteiger partial charge in [0.1, 0.15) is 7.05 Å². The minimum absolute atomic E-state index is 0.686. The van der Waals surface area contributed by atoms with Crippen molar-refractivity contribution in [1.29, 1.82) is 0 Å². The van der Waals surface area contributed by atoms with Gasteiger partial charge in [-0.15, -0.1) is 0 Å². The van der Waals surface area contributed by atoms with E-state index in [9.17, 15) is 0 Å². The summed E-state index contributed by atoms with van der Waals surface area (Å²) < 4.78 is 2.23. The molecule has 0 bridgehead atoms. The zero-order chi connectivity index (χ0) is 16.6. The van der Waals surface area contributed by atoms with Gasteiger partial charge < -0.3 is 0 Å². The number of pyridine rings is 1. The minimum Gasteiger partial charge on any atom is -0.200 e. The van der Waals surface area contributed by atoms with Crippen molar-refractivity contribution in [1.82, 2.24) is 0 Å². The molecular formula is C22H26N+. The second kappa shape index (κ2) is 6.16. The van der Waals surface area contributed by atoms with Crippen LogP contribution in [0.2, 0.25) is 0 Å². The van der Waals surface area contributed by atoms with E-state index in [0.29, 0.717) is 5.92 Å². The Labute approximate surface area is 139 Å². The normalized spacial score (nSPS) is 11.4. The lowest BCUT2D eigenvalue weighted by Gasteiger charge is -2.10. The van der Waals surface area contributed by atoms with E-state index < -0.39 is 0 Å². The molecule has 1 aromatic heterocycles. The maximum atomic E-state index is 2.35. The van der Waals surface area contributed by atoms with Gasteiger partial charge in [0, 0.05) is 11.6 Å². The molecule has 0 atom stereocenters. The fourth-order valence-electron chi connectivity index (χ4n) is 3.49. The highest BCUT2D eigenvalue weighted by Gasteiger charge is 2.16. The number of aryl methyl sites for hydroxylation is 3. The summed E-state index contributed by atoms with van der Waals surface area (Å²) >= 11 is 0. The molecule has 1 nitrogen and oxygen atoms in total. The molecule has 1 heterocycles. The SMILES string of the molecule is Cc1cc(C)cc(-c2c3ccc(CC(C)C)cc3cc[n+]2C)c1. The quantitative estimate of drug-likeness (QED) is 0.589. The number of nitrogens with zero attached hydrogens (tertiary/aromatic N) is 1. The summed E-state index contributed by atoms with van der Waals surface area (Å²) in [7, 11) is 2.13. The molecule has 0 aliphatic rings. The Bertz CT molecular complexity index is 839. The first kappa shape index (κ1) is 15.7. The smallest absolute Gasteiger partial charge is 0.200 e. The molecule has 3 aromatic rings. The third-order valence-corrected chi connectivity index (χ3v) is 4.34. The first-order valence-electron chi connectivity index (χ1n) is 8.44. The van der Waals surface area contributed by atoms with Gasteiger partial charge in [0.15, 0.2) is 6.20 Å². The minimum atomic E-state index is 0.686. The van der Waals surface area contributed by atoms with Crippen molar-refractivity contribution in [2.45, 2.75) is 34.1 Å². The van der Waals surface area contributed by atoms with Crippen molar-refractivity contribution in [2.75, 3.05) is 0 Å². The van der Waals surface area contributed by atoms with Gasteiger partial charge in [-0.3, -0.25) is 0 Å². The third kappa shape index (κ3) is 3.29. The van der Waals surface area contributed by atoms with Gasteiger partial charge >= 0.3 is 0 Å². The van der Waals surface area contributed by atoms with Gasteiger partial charge in [0.05, 0.1) is 5.39 Å². The summed E-state index contributed by atoms with van der Waals surface area (Å²) in [5.41, 5.74) is 6.65. The molecule has 0 aliphatic carbocycles. The van der Waals surface area contributed by atoms with Crippen molar-refractivity contribution < 1.29 is 4.57 Å². The average molecular weight is 304 g/mol. The van der Waals surface area contributed by atoms with E-state index in [2.05, 4.69) is 88.0 Å². The fourth-order valence-corrected chi connectivity index (χ4v) is 3.49. The topological polar surface area (TPSA) is 3.88 Å². The lowest BCUT2D eigenvalue weighted by Crippen LogP contribution is -2.30. The van der Waals surface area contributed by atoms with Crippen molar-refractivity contribution in [3.63, 3.8) is 0 Å². The number of hydrogen-bond donors (Lipinski definition) is 0. The molecule has 0 aliphatic heterocycles. The monoisotopic (exact) mass is 304 g/mol. The van der Waals surface area contributed by atoms with Gasteiger partial charge in [-0.2, -0.15) is 0 Å². The van der Waals surface area contributed by atoms with Crippen LogP contribution in [0, 0.1) is 19.8 Å². The Kier molecular flexibility index (Phi) is 4.21. The molecule has 23 heavy (non-hydrogen) atoms. The molecule has 0 fully saturated rings. The number of hydrogen-bond acceptors (Lipinski definition) is 0. The lowest BCUT2D eigenvalue weighted by atomic mass is 9.96. The summed E-state index contributed by atoms with van der Waals surface area (Å²) in [5, 5.41) is 2.66. The number of aromatic nitrogens is 1. The Morgan fingerprint density at radius 2 is 1.61 bits per heavy atom. The molecule has 0 unspecified atom stereocenters. The third-order valence-electron chi connectivity index (χ3n) is 4.34. The van der Waals surface area contributed by atoms with E-state index in [-0.39, 0.29) is 0 Å². The van der Waals surface area contributed by atoms with Crippen LogP contribution < -0.4 is 4.57 Å². The van der Waals surface area contributed by atoms with Crippen LogP contribution in [0.3, 0.4) is 0 Å². The molecule has 0 amide bonds. The maximum Gasteiger partial charge on any atom is 0.220 e. The maximum absolute atomic E-state index is 2.35. The highest BCUT2D eigenvalue weighted by molar-refractivity contribution is 5.93. The van der Waals surface area contributed by atoms with Crippen LogP contribution in [0.5, 0.6) is 0 Å². The summed E-state index contributed by atoms with van der Waals surface area (Å²) in [6.07, 6.45) is 3.31. The summed E-state index contributed by atoms with van der Waals surface area (Å²) in [5.74, 6) is 0.686. The van der Waals surface area contributed by atoms with Crippen LogP contribution in [0.25, 0.3) is 22.0 Å². The zero-order valence-corrected chi connectivity index (χ0v) is 14.9. The Morgan fingerprint density at radius 1 is 0.913 bits per heavy atom. The standard InChI is InChI=1S/C22H26N/c1-15(2)10-18-6-7-21-19(14-18)8-9-23(5)22(21)20-12-16(3)11-17(4)13-20/h6-9,11-15H,10H2,1-5H3/q+1.